The molecule has 0 aliphatic heterocycles. The van der Waals surface area contributed by atoms with E-state index in [2.05, 4.69) is 72.6 Å². The highest BCUT2D eigenvalue weighted by atomic mass is 35.5. The van der Waals surface area contributed by atoms with Crippen molar-refractivity contribution in [3.05, 3.63) is 88.5 Å². The summed E-state index contributed by atoms with van der Waals surface area (Å²) in [6.45, 7) is 8.22. The Morgan fingerprint density at radius 2 is 1.69 bits per heavy atom. The van der Waals surface area contributed by atoms with E-state index in [1.165, 1.54) is 33.5 Å². The minimum Gasteiger partial charge on any atom is -0.508 e. The van der Waals surface area contributed by atoms with Gasteiger partial charge >= 0.3 is 0 Å². The van der Waals surface area contributed by atoms with Crippen molar-refractivity contribution in [1.82, 2.24) is 5.32 Å². The van der Waals surface area contributed by atoms with Crippen molar-refractivity contribution in [2.24, 2.45) is 0 Å². The number of halogens is 2. The Hall–Kier alpha value is -2.40. The Balaban J connectivity index is 0.00000228. The van der Waals surface area contributed by atoms with Gasteiger partial charge in [-0.05, 0) is 97.6 Å². The van der Waals surface area contributed by atoms with Crippen LogP contribution in [-0.2, 0) is 25.8 Å². The highest BCUT2D eigenvalue weighted by Crippen LogP contribution is 2.40. The third-order valence-corrected chi connectivity index (χ3v) is 7.05. The van der Waals surface area contributed by atoms with Gasteiger partial charge in [0.15, 0.2) is 0 Å². The molecule has 0 aromatic heterocycles. The van der Waals surface area contributed by atoms with Crippen molar-refractivity contribution < 1.29 is 9.84 Å². The quantitative estimate of drug-likeness (QED) is 0.286. The highest BCUT2D eigenvalue weighted by molar-refractivity contribution is 5.85. The fourth-order valence-corrected chi connectivity index (χ4v) is 5.08. The lowest BCUT2D eigenvalue weighted by atomic mass is 9.79. The first-order chi connectivity index (χ1) is 16.6. The summed E-state index contributed by atoms with van der Waals surface area (Å²) in [6, 6.07) is 21.5. The molecule has 0 saturated carbocycles. The van der Waals surface area contributed by atoms with Crippen LogP contribution in [0.4, 0.5) is 5.69 Å². The van der Waals surface area contributed by atoms with Gasteiger partial charge in [0.25, 0.3) is 0 Å². The molecule has 0 radical (unpaired) electrons. The van der Waals surface area contributed by atoms with Crippen LogP contribution in [0.3, 0.4) is 0 Å². The van der Waals surface area contributed by atoms with Crippen LogP contribution in [-0.4, -0.2) is 31.9 Å². The normalized spacial score (nSPS) is 14.2. The van der Waals surface area contributed by atoms with Gasteiger partial charge in [0.05, 0.1) is 7.11 Å². The molecule has 0 fully saturated rings. The first-order valence-corrected chi connectivity index (χ1v) is 12.6. The topological polar surface area (TPSA) is 44.7 Å². The number of aromatic hydroxyl groups is 1. The second-order valence-corrected chi connectivity index (χ2v) is 9.25. The highest BCUT2D eigenvalue weighted by Gasteiger charge is 2.24. The standard InChI is InChI=1S/C30H38N2O2.2ClH/c1-4-31-17-16-22-6-8-23(9-7-22)21-32(5-2)30-20-28(34-3)14-15-29(30)26-11-10-25-19-27(33)13-12-24(25)18-26;;/h6-9,12-15,19-20,26,31,33H,4-5,10-11,16-18,21H2,1-3H3;2*1H/t26-;;/m0../s1. The predicted molar refractivity (Wildman–Crippen MR) is 156 cm³/mol. The molecule has 0 bridgehead atoms. The monoisotopic (exact) mass is 530 g/mol. The first-order valence-electron chi connectivity index (χ1n) is 12.6. The number of hydrogen-bond acceptors (Lipinski definition) is 4. The lowest BCUT2D eigenvalue weighted by molar-refractivity contribution is 0.414. The Bertz CT molecular complexity index is 1090. The van der Waals surface area contributed by atoms with Gasteiger partial charge in [0.2, 0.25) is 0 Å². The summed E-state index contributed by atoms with van der Waals surface area (Å²) >= 11 is 0. The third-order valence-electron chi connectivity index (χ3n) is 7.05. The number of anilines is 1. The maximum atomic E-state index is 9.87. The fraction of sp³-hybridized carbons (Fsp3) is 0.400. The molecule has 0 saturated heterocycles. The number of phenols is 1. The van der Waals surface area contributed by atoms with E-state index in [9.17, 15) is 5.11 Å². The maximum Gasteiger partial charge on any atom is 0.120 e. The van der Waals surface area contributed by atoms with Crippen molar-refractivity contribution in [1.29, 1.82) is 0 Å². The summed E-state index contributed by atoms with van der Waals surface area (Å²) in [4.78, 5) is 2.47. The van der Waals surface area contributed by atoms with E-state index in [1.54, 1.807) is 7.11 Å². The molecule has 1 atom stereocenters. The SMILES string of the molecule is CCNCCc1ccc(CN(CC)c2cc(OC)ccc2[C@H]2CCc3cc(O)ccc3C2)cc1.Cl.Cl. The molecule has 0 heterocycles. The number of likely N-dealkylation sites (N-methyl/N-ethyl adjacent to an activating group) is 1. The van der Waals surface area contributed by atoms with Crippen molar-refractivity contribution in [3.63, 3.8) is 0 Å². The van der Waals surface area contributed by atoms with E-state index in [1.807, 2.05) is 12.1 Å². The molecule has 0 unspecified atom stereocenters. The first kappa shape index (κ1) is 29.8. The largest absolute Gasteiger partial charge is 0.508 e. The minimum absolute atomic E-state index is 0. The van der Waals surface area contributed by atoms with Crippen LogP contribution < -0.4 is 15.0 Å². The number of hydrogen-bond donors (Lipinski definition) is 2. The molecule has 0 spiro atoms. The molecular weight excluding hydrogens is 491 g/mol. The van der Waals surface area contributed by atoms with Crippen LogP contribution in [0, 0.1) is 0 Å². The van der Waals surface area contributed by atoms with Gasteiger partial charge in [0, 0.05) is 24.8 Å². The summed E-state index contributed by atoms with van der Waals surface area (Å²) in [5, 5.41) is 13.3. The van der Waals surface area contributed by atoms with Crippen LogP contribution >= 0.6 is 24.8 Å². The Labute approximate surface area is 228 Å². The van der Waals surface area contributed by atoms with Gasteiger partial charge < -0.3 is 20.1 Å². The van der Waals surface area contributed by atoms with Crippen LogP contribution in [0.25, 0.3) is 0 Å². The van der Waals surface area contributed by atoms with E-state index >= 15 is 0 Å². The van der Waals surface area contributed by atoms with Crippen LogP contribution in [0.15, 0.2) is 60.7 Å². The zero-order valence-electron chi connectivity index (χ0n) is 21.6. The number of nitrogens with zero attached hydrogens (tertiary/aromatic N) is 1. The molecule has 6 heteroatoms. The number of ether oxygens (including phenoxy) is 1. The van der Waals surface area contributed by atoms with Gasteiger partial charge in [-0.25, -0.2) is 0 Å². The van der Waals surface area contributed by atoms with E-state index in [4.69, 9.17) is 4.74 Å². The van der Waals surface area contributed by atoms with Gasteiger partial charge in [-0.2, -0.15) is 0 Å². The molecular formula is C30H40Cl2N2O2. The molecule has 1 aliphatic rings. The van der Waals surface area contributed by atoms with Gasteiger partial charge in [-0.15, -0.1) is 24.8 Å². The third kappa shape index (κ3) is 7.32. The van der Waals surface area contributed by atoms with Crippen LogP contribution in [0.2, 0.25) is 0 Å². The Morgan fingerprint density at radius 1 is 0.944 bits per heavy atom. The van der Waals surface area contributed by atoms with Crippen LogP contribution in [0.1, 0.15) is 54.0 Å². The summed E-state index contributed by atoms with van der Waals surface area (Å²) in [6.07, 6.45) is 4.16. The van der Waals surface area contributed by atoms with E-state index in [-0.39, 0.29) is 24.8 Å². The molecule has 1 aliphatic carbocycles. The molecule has 36 heavy (non-hydrogen) atoms. The number of phenolic OH excluding ortho intramolecular Hbond substituents is 1. The second-order valence-electron chi connectivity index (χ2n) is 9.25. The molecule has 2 N–H and O–H groups in total. The molecule has 0 amide bonds. The minimum atomic E-state index is 0. The fourth-order valence-electron chi connectivity index (χ4n) is 5.08. The lowest BCUT2D eigenvalue weighted by Gasteiger charge is -2.32. The van der Waals surface area contributed by atoms with E-state index in [0.717, 1.165) is 57.6 Å². The lowest BCUT2D eigenvalue weighted by Crippen LogP contribution is -2.25. The van der Waals surface area contributed by atoms with Gasteiger partial charge in [-0.3, -0.25) is 0 Å². The van der Waals surface area contributed by atoms with Gasteiger partial charge in [-0.1, -0.05) is 43.3 Å². The molecule has 196 valence electrons. The smallest absolute Gasteiger partial charge is 0.120 e. The van der Waals surface area contributed by atoms with Crippen molar-refractivity contribution in [2.45, 2.75) is 52.0 Å². The predicted octanol–water partition coefficient (Wildman–Crippen LogP) is 6.70. The Morgan fingerprint density at radius 3 is 2.39 bits per heavy atom. The Kier molecular flexibility index (Phi) is 11.9. The van der Waals surface area contributed by atoms with Crippen LogP contribution in [0.5, 0.6) is 11.5 Å². The number of fused-ring (bicyclic) bond motifs is 1. The summed E-state index contributed by atoms with van der Waals surface area (Å²) in [5.74, 6) is 1.73. The molecule has 4 rings (SSSR count). The second kappa shape index (κ2) is 14.4. The molecule has 3 aromatic carbocycles. The van der Waals surface area contributed by atoms with Gasteiger partial charge in [0.1, 0.15) is 11.5 Å². The zero-order chi connectivity index (χ0) is 23.9. The maximum absolute atomic E-state index is 9.87. The molecule has 3 aromatic rings. The average molecular weight is 532 g/mol. The van der Waals surface area contributed by atoms with Crippen molar-refractivity contribution in [3.8, 4) is 11.5 Å². The summed E-state index contributed by atoms with van der Waals surface area (Å²) in [5.41, 5.74) is 8.00. The summed E-state index contributed by atoms with van der Waals surface area (Å²) < 4.78 is 5.61. The number of nitrogens with one attached hydrogen (secondary N) is 1. The number of methoxy groups -OCH3 is 1. The number of rotatable bonds is 10. The zero-order valence-corrected chi connectivity index (χ0v) is 23.3. The average Bonchev–Trinajstić information content (AvgIpc) is 2.87. The number of benzene rings is 3. The van der Waals surface area contributed by atoms with Crippen molar-refractivity contribution in [2.75, 3.05) is 31.6 Å². The molecule has 4 nitrogen and oxygen atoms in total. The van der Waals surface area contributed by atoms with E-state index < -0.39 is 0 Å². The number of aryl methyl sites for hydroxylation is 1. The summed E-state index contributed by atoms with van der Waals surface area (Å²) in [7, 11) is 1.74. The van der Waals surface area contributed by atoms with Crippen molar-refractivity contribution >= 4 is 30.5 Å². The van der Waals surface area contributed by atoms with E-state index in [0.29, 0.717) is 11.7 Å².